The molecule has 1 aromatic heterocycles. The monoisotopic (exact) mass is 286 g/mol. The van der Waals surface area contributed by atoms with Crippen LogP contribution in [0.1, 0.15) is 25.0 Å². The number of nitrogens with one attached hydrogen (secondary N) is 1. The molecule has 1 aromatic rings. The molecule has 0 radical (unpaired) electrons. The molecule has 1 fully saturated rings. The van der Waals surface area contributed by atoms with Gasteiger partial charge in [-0.05, 0) is 25.5 Å². The number of aromatic nitrogens is 1. The molecule has 0 saturated heterocycles. The molecule has 0 spiro atoms. The van der Waals surface area contributed by atoms with Crippen molar-refractivity contribution in [2.24, 2.45) is 0 Å². The predicted molar refractivity (Wildman–Crippen MR) is 76.4 cm³/mol. The van der Waals surface area contributed by atoms with Crippen LogP contribution in [0.3, 0.4) is 0 Å². The fraction of sp³-hybridized carbons (Fsp3) is 0.667. The van der Waals surface area contributed by atoms with Crippen LogP contribution in [0.4, 0.5) is 5.13 Å². The quantitative estimate of drug-likeness (QED) is 0.843. The molecule has 0 aromatic carbocycles. The normalized spacial score (nSPS) is 23.0. The minimum atomic E-state index is -0.241. The molecule has 0 bridgehead atoms. The van der Waals surface area contributed by atoms with Crippen molar-refractivity contribution >= 4 is 34.2 Å². The fourth-order valence-corrected chi connectivity index (χ4v) is 3.72. The lowest BCUT2D eigenvalue weighted by atomic mass is 10.3. The van der Waals surface area contributed by atoms with Crippen LogP contribution >= 0.6 is 23.1 Å². The maximum atomic E-state index is 11.1. The van der Waals surface area contributed by atoms with Crippen LogP contribution in [0.15, 0.2) is 5.38 Å². The van der Waals surface area contributed by atoms with E-state index >= 15 is 0 Å². The zero-order valence-corrected chi connectivity index (χ0v) is 12.3. The molecule has 1 N–H and O–H groups in total. The molecule has 2 rings (SSSR count). The largest absolute Gasteiger partial charge is 0.469 e. The first-order valence-electron chi connectivity index (χ1n) is 6.01. The standard InChI is InChI=1S/C12H18N2O2S2/c1-16-11(15)6-9-7-18-12(14-9)13-8-3-4-10(5-8)17-2/h7-8,10H,3-6H2,1-2H3,(H,13,14). The molecular formula is C12H18N2O2S2. The summed E-state index contributed by atoms with van der Waals surface area (Å²) in [6.45, 7) is 0. The summed E-state index contributed by atoms with van der Waals surface area (Å²) < 4.78 is 4.63. The van der Waals surface area contributed by atoms with Gasteiger partial charge in [-0.2, -0.15) is 11.8 Å². The minimum absolute atomic E-state index is 0.241. The van der Waals surface area contributed by atoms with Crippen molar-refractivity contribution in [1.29, 1.82) is 0 Å². The van der Waals surface area contributed by atoms with Crippen LogP contribution in [0.5, 0.6) is 0 Å². The van der Waals surface area contributed by atoms with Crippen molar-refractivity contribution in [2.75, 3.05) is 18.7 Å². The van der Waals surface area contributed by atoms with Crippen LogP contribution in [-0.2, 0) is 16.0 Å². The van der Waals surface area contributed by atoms with Gasteiger partial charge >= 0.3 is 5.97 Å². The van der Waals surface area contributed by atoms with Gasteiger partial charge in [0.25, 0.3) is 0 Å². The summed E-state index contributed by atoms with van der Waals surface area (Å²) in [5.74, 6) is -0.241. The summed E-state index contributed by atoms with van der Waals surface area (Å²) in [6.07, 6.45) is 6.11. The number of thiazole rings is 1. The van der Waals surface area contributed by atoms with E-state index in [1.54, 1.807) is 11.3 Å². The molecule has 6 heteroatoms. The van der Waals surface area contributed by atoms with Crippen molar-refractivity contribution in [3.8, 4) is 0 Å². The van der Waals surface area contributed by atoms with Gasteiger partial charge in [-0.25, -0.2) is 4.98 Å². The SMILES string of the molecule is COC(=O)Cc1csc(NC2CCC(SC)C2)n1. The first kappa shape index (κ1) is 13.7. The number of hydrogen-bond donors (Lipinski definition) is 1. The first-order valence-corrected chi connectivity index (χ1v) is 8.18. The number of nitrogens with zero attached hydrogens (tertiary/aromatic N) is 1. The van der Waals surface area contributed by atoms with E-state index in [9.17, 15) is 4.79 Å². The number of thioether (sulfide) groups is 1. The highest BCUT2D eigenvalue weighted by molar-refractivity contribution is 7.99. The average Bonchev–Trinajstić information content (AvgIpc) is 2.99. The molecule has 0 amide bonds. The zero-order valence-electron chi connectivity index (χ0n) is 10.6. The predicted octanol–water partition coefficient (Wildman–Crippen LogP) is 2.55. The average molecular weight is 286 g/mol. The van der Waals surface area contributed by atoms with Gasteiger partial charge in [0.2, 0.25) is 0 Å². The summed E-state index contributed by atoms with van der Waals surface area (Å²) in [5.41, 5.74) is 0.786. The van der Waals surface area contributed by atoms with E-state index < -0.39 is 0 Å². The third-order valence-corrected chi connectivity index (χ3v) is 5.07. The number of esters is 1. The summed E-state index contributed by atoms with van der Waals surface area (Å²) >= 11 is 3.51. The van der Waals surface area contributed by atoms with Crippen LogP contribution in [0.2, 0.25) is 0 Å². The van der Waals surface area contributed by atoms with E-state index in [1.807, 2.05) is 17.1 Å². The Bertz CT molecular complexity index is 409. The Morgan fingerprint density at radius 2 is 2.50 bits per heavy atom. The number of ether oxygens (including phenoxy) is 1. The van der Waals surface area contributed by atoms with E-state index in [0.717, 1.165) is 16.1 Å². The Morgan fingerprint density at radius 3 is 3.17 bits per heavy atom. The van der Waals surface area contributed by atoms with Crippen LogP contribution in [-0.4, -0.2) is 35.6 Å². The van der Waals surface area contributed by atoms with Crippen molar-refractivity contribution in [3.05, 3.63) is 11.1 Å². The molecule has 4 nitrogen and oxygen atoms in total. The number of carbonyl (C=O) groups excluding carboxylic acids is 1. The third kappa shape index (κ3) is 3.62. The Hall–Kier alpha value is -0.750. The van der Waals surface area contributed by atoms with E-state index in [0.29, 0.717) is 6.04 Å². The molecule has 1 saturated carbocycles. The third-order valence-electron chi connectivity index (χ3n) is 3.15. The zero-order chi connectivity index (χ0) is 13.0. The highest BCUT2D eigenvalue weighted by Crippen LogP contribution is 2.30. The first-order chi connectivity index (χ1) is 8.71. The highest BCUT2D eigenvalue weighted by Gasteiger charge is 2.24. The summed E-state index contributed by atoms with van der Waals surface area (Å²) in [7, 11) is 1.40. The van der Waals surface area contributed by atoms with Gasteiger partial charge in [0.15, 0.2) is 5.13 Å². The van der Waals surface area contributed by atoms with E-state index in [-0.39, 0.29) is 12.4 Å². The van der Waals surface area contributed by atoms with Gasteiger partial charge < -0.3 is 10.1 Å². The number of anilines is 1. The van der Waals surface area contributed by atoms with Gasteiger partial charge in [-0.3, -0.25) is 4.79 Å². The molecule has 2 atom stereocenters. The lowest BCUT2D eigenvalue weighted by Gasteiger charge is -2.11. The van der Waals surface area contributed by atoms with Gasteiger partial charge in [-0.15, -0.1) is 11.3 Å². The molecule has 1 heterocycles. The Morgan fingerprint density at radius 1 is 1.67 bits per heavy atom. The van der Waals surface area contributed by atoms with Crippen LogP contribution in [0, 0.1) is 0 Å². The summed E-state index contributed by atoms with van der Waals surface area (Å²) in [5, 5.41) is 7.07. The Labute approximate surface area is 116 Å². The Balaban J connectivity index is 1.85. The van der Waals surface area contributed by atoms with E-state index in [1.165, 1.54) is 26.4 Å². The second kappa shape index (κ2) is 6.43. The number of hydrogen-bond acceptors (Lipinski definition) is 6. The lowest BCUT2D eigenvalue weighted by Crippen LogP contribution is -2.15. The van der Waals surface area contributed by atoms with Gasteiger partial charge in [0, 0.05) is 16.7 Å². The molecular weight excluding hydrogens is 268 g/mol. The number of carbonyl (C=O) groups is 1. The molecule has 1 aliphatic rings. The van der Waals surface area contributed by atoms with Crippen LogP contribution < -0.4 is 5.32 Å². The maximum absolute atomic E-state index is 11.1. The van der Waals surface area contributed by atoms with Crippen LogP contribution in [0.25, 0.3) is 0 Å². The second-order valence-corrected chi connectivity index (χ2v) is 6.41. The smallest absolute Gasteiger partial charge is 0.311 e. The summed E-state index contributed by atoms with van der Waals surface area (Å²) in [4.78, 5) is 15.5. The number of rotatable bonds is 5. The van der Waals surface area contributed by atoms with Crippen molar-refractivity contribution < 1.29 is 9.53 Å². The van der Waals surface area contributed by atoms with E-state index in [2.05, 4.69) is 21.3 Å². The molecule has 18 heavy (non-hydrogen) atoms. The van der Waals surface area contributed by atoms with Gasteiger partial charge in [-0.1, -0.05) is 0 Å². The van der Waals surface area contributed by atoms with Crippen molar-refractivity contribution in [2.45, 2.75) is 37.0 Å². The number of methoxy groups -OCH3 is 1. The highest BCUT2D eigenvalue weighted by atomic mass is 32.2. The molecule has 0 aliphatic heterocycles. The topological polar surface area (TPSA) is 51.2 Å². The maximum Gasteiger partial charge on any atom is 0.311 e. The summed E-state index contributed by atoms with van der Waals surface area (Å²) in [6, 6.07) is 0.527. The van der Waals surface area contributed by atoms with Gasteiger partial charge in [0.05, 0.1) is 19.2 Å². The second-order valence-electron chi connectivity index (χ2n) is 4.41. The molecule has 1 aliphatic carbocycles. The van der Waals surface area contributed by atoms with Crippen molar-refractivity contribution in [1.82, 2.24) is 4.98 Å². The lowest BCUT2D eigenvalue weighted by molar-refractivity contribution is -0.139. The molecule has 100 valence electrons. The van der Waals surface area contributed by atoms with Gasteiger partial charge in [0.1, 0.15) is 0 Å². The molecule has 2 unspecified atom stereocenters. The van der Waals surface area contributed by atoms with Crippen molar-refractivity contribution in [3.63, 3.8) is 0 Å². The fourth-order valence-electron chi connectivity index (χ4n) is 2.13. The minimum Gasteiger partial charge on any atom is -0.469 e. The van der Waals surface area contributed by atoms with E-state index in [4.69, 9.17) is 0 Å². The Kier molecular flexibility index (Phi) is 4.88.